The number of carbonyl (C=O) groups is 2. The molecule has 1 aliphatic heterocycles. The van der Waals surface area contributed by atoms with Gasteiger partial charge in [-0.1, -0.05) is 5.92 Å². The van der Waals surface area contributed by atoms with Crippen LogP contribution in [0.25, 0.3) is 0 Å². The average molecular weight is 251 g/mol. The second kappa shape index (κ2) is 6.44. The fourth-order valence-corrected chi connectivity index (χ4v) is 1.78. The van der Waals surface area contributed by atoms with E-state index in [2.05, 4.69) is 11.8 Å². The lowest BCUT2D eigenvalue weighted by atomic mass is 10.2. The molecule has 1 fully saturated rings. The van der Waals surface area contributed by atoms with E-state index in [1.807, 2.05) is 20.8 Å². The monoisotopic (exact) mass is 251 g/mol. The number of hydrogen-bond donors (Lipinski definition) is 0. The molecule has 4 heteroatoms. The molecule has 0 aromatic carbocycles. The van der Waals surface area contributed by atoms with Gasteiger partial charge in [0.1, 0.15) is 11.9 Å². The van der Waals surface area contributed by atoms with E-state index < -0.39 is 5.60 Å². The molecule has 1 heterocycles. The summed E-state index contributed by atoms with van der Waals surface area (Å²) in [6.07, 6.45) is 3.40. The number of hydrogen-bond acceptors (Lipinski definition) is 3. The quantitative estimate of drug-likeness (QED) is 0.430. The summed E-state index contributed by atoms with van der Waals surface area (Å²) in [4.78, 5) is 23.8. The molecule has 0 aromatic rings. The van der Waals surface area contributed by atoms with Crippen LogP contribution in [0.4, 0.5) is 4.79 Å². The topological polar surface area (TPSA) is 46.6 Å². The van der Waals surface area contributed by atoms with Gasteiger partial charge in [-0.3, -0.25) is 4.90 Å². The Morgan fingerprint density at radius 3 is 2.83 bits per heavy atom. The minimum atomic E-state index is -0.477. The first-order valence-electron chi connectivity index (χ1n) is 6.35. The smallest absolute Gasteiger partial charge is 0.411 e. The van der Waals surface area contributed by atoms with Crippen molar-refractivity contribution in [3.63, 3.8) is 0 Å². The van der Waals surface area contributed by atoms with Crippen molar-refractivity contribution < 1.29 is 14.3 Å². The highest BCUT2D eigenvalue weighted by molar-refractivity contribution is 5.69. The minimum absolute atomic E-state index is 0.0634. The third kappa shape index (κ3) is 4.79. The highest BCUT2D eigenvalue weighted by Gasteiger charge is 2.30. The maximum atomic E-state index is 11.9. The minimum Gasteiger partial charge on any atom is -0.444 e. The van der Waals surface area contributed by atoms with Crippen LogP contribution in [0.1, 0.15) is 46.5 Å². The highest BCUT2D eigenvalue weighted by Crippen LogP contribution is 2.20. The van der Waals surface area contributed by atoms with Crippen molar-refractivity contribution in [3.8, 4) is 11.8 Å². The van der Waals surface area contributed by atoms with E-state index in [4.69, 9.17) is 4.74 Å². The molecular weight excluding hydrogens is 230 g/mol. The number of amides is 1. The maximum absolute atomic E-state index is 11.9. The van der Waals surface area contributed by atoms with Gasteiger partial charge in [-0.25, -0.2) is 4.79 Å². The van der Waals surface area contributed by atoms with Crippen LogP contribution in [-0.2, 0) is 9.53 Å². The average Bonchev–Trinajstić information content (AvgIpc) is 2.70. The normalized spacial score (nSPS) is 19.1. The van der Waals surface area contributed by atoms with Crippen molar-refractivity contribution in [2.75, 3.05) is 6.54 Å². The van der Waals surface area contributed by atoms with Gasteiger partial charge >= 0.3 is 6.09 Å². The van der Waals surface area contributed by atoms with Crippen molar-refractivity contribution >= 4 is 12.4 Å². The lowest BCUT2D eigenvalue weighted by Gasteiger charge is -2.26. The SMILES string of the molecule is CC(C)(C)OC(=O)N1CCCC1C#CCCC=O. The lowest BCUT2D eigenvalue weighted by molar-refractivity contribution is -0.107. The van der Waals surface area contributed by atoms with Crippen molar-refractivity contribution in [1.82, 2.24) is 4.90 Å². The molecule has 1 amide bonds. The molecule has 0 bridgehead atoms. The molecule has 0 aromatic heterocycles. The number of likely N-dealkylation sites (tertiary alicyclic amines) is 1. The molecule has 1 aliphatic rings. The predicted molar refractivity (Wildman–Crippen MR) is 69.0 cm³/mol. The Kier molecular flexibility index (Phi) is 5.21. The number of carbonyl (C=O) groups excluding carboxylic acids is 2. The van der Waals surface area contributed by atoms with Gasteiger partial charge in [0.15, 0.2) is 0 Å². The van der Waals surface area contributed by atoms with Crippen molar-refractivity contribution in [2.24, 2.45) is 0 Å². The first kappa shape index (κ1) is 14.6. The zero-order valence-corrected chi connectivity index (χ0v) is 11.4. The molecule has 1 saturated heterocycles. The largest absolute Gasteiger partial charge is 0.444 e. The number of ether oxygens (including phenoxy) is 1. The van der Waals surface area contributed by atoms with Crippen LogP contribution in [0, 0.1) is 11.8 Å². The van der Waals surface area contributed by atoms with Gasteiger partial charge < -0.3 is 9.53 Å². The van der Waals surface area contributed by atoms with E-state index in [1.165, 1.54) is 0 Å². The summed E-state index contributed by atoms with van der Waals surface area (Å²) < 4.78 is 5.34. The first-order chi connectivity index (χ1) is 8.44. The van der Waals surface area contributed by atoms with Crippen LogP contribution in [0.2, 0.25) is 0 Å². The molecule has 1 rings (SSSR count). The van der Waals surface area contributed by atoms with Gasteiger partial charge in [0.2, 0.25) is 0 Å². The van der Waals surface area contributed by atoms with Gasteiger partial charge in [-0.05, 0) is 33.6 Å². The van der Waals surface area contributed by atoms with Crippen molar-refractivity contribution in [2.45, 2.75) is 58.1 Å². The van der Waals surface area contributed by atoms with Crippen LogP contribution in [0.3, 0.4) is 0 Å². The lowest BCUT2D eigenvalue weighted by Crippen LogP contribution is -2.39. The van der Waals surface area contributed by atoms with Gasteiger partial charge in [0.25, 0.3) is 0 Å². The summed E-state index contributed by atoms with van der Waals surface area (Å²) in [5.41, 5.74) is -0.477. The van der Waals surface area contributed by atoms with E-state index in [9.17, 15) is 9.59 Å². The van der Waals surface area contributed by atoms with E-state index in [1.54, 1.807) is 4.90 Å². The Morgan fingerprint density at radius 1 is 1.50 bits per heavy atom. The molecule has 1 unspecified atom stereocenters. The third-order valence-corrected chi connectivity index (χ3v) is 2.54. The number of aldehydes is 1. The van der Waals surface area contributed by atoms with Crippen molar-refractivity contribution in [1.29, 1.82) is 0 Å². The van der Waals surface area contributed by atoms with Crippen LogP contribution in [0.5, 0.6) is 0 Å². The zero-order valence-electron chi connectivity index (χ0n) is 11.4. The second-order valence-electron chi connectivity index (χ2n) is 5.36. The third-order valence-electron chi connectivity index (χ3n) is 2.54. The second-order valence-corrected chi connectivity index (χ2v) is 5.36. The molecule has 0 radical (unpaired) electrons. The molecule has 0 saturated carbocycles. The van der Waals surface area contributed by atoms with Crippen LogP contribution in [0.15, 0.2) is 0 Å². The van der Waals surface area contributed by atoms with Crippen LogP contribution in [-0.4, -0.2) is 35.5 Å². The van der Waals surface area contributed by atoms with Crippen LogP contribution >= 0.6 is 0 Å². The summed E-state index contributed by atoms with van der Waals surface area (Å²) in [5.74, 6) is 5.99. The van der Waals surface area contributed by atoms with Gasteiger partial charge in [-0.15, -0.1) is 5.92 Å². The standard InChI is InChI=1S/C14H21NO3/c1-14(2,3)18-13(17)15-10-7-9-12(15)8-5-4-6-11-16/h11-12H,4,6-7,9-10H2,1-3H3. The summed E-state index contributed by atoms with van der Waals surface area (Å²) in [6.45, 7) is 6.26. The van der Waals surface area contributed by atoms with Gasteiger partial charge in [0.05, 0.1) is 6.04 Å². The zero-order chi connectivity index (χ0) is 13.6. The molecule has 100 valence electrons. The number of rotatable bonds is 2. The maximum Gasteiger partial charge on any atom is 0.411 e. The molecular formula is C14H21NO3. The van der Waals surface area contributed by atoms with E-state index >= 15 is 0 Å². The Hall–Kier alpha value is -1.50. The fraction of sp³-hybridized carbons (Fsp3) is 0.714. The molecule has 1 atom stereocenters. The Morgan fingerprint density at radius 2 is 2.22 bits per heavy atom. The summed E-state index contributed by atoms with van der Waals surface area (Å²) >= 11 is 0. The molecule has 4 nitrogen and oxygen atoms in total. The van der Waals surface area contributed by atoms with E-state index in [-0.39, 0.29) is 12.1 Å². The summed E-state index contributed by atoms with van der Waals surface area (Å²) in [6, 6.07) is -0.0634. The van der Waals surface area contributed by atoms with E-state index in [0.29, 0.717) is 19.4 Å². The van der Waals surface area contributed by atoms with Crippen molar-refractivity contribution in [3.05, 3.63) is 0 Å². The molecule has 18 heavy (non-hydrogen) atoms. The fourth-order valence-electron chi connectivity index (χ4n) is 1.78. The summed E-state index contributed by atoms with van der Waals surface area (Å²) in [5, 5.41) is 0. The molecule has 0 aliphatic carbocycles. The highest BCUT2D eigenvalue weighted by atomic mass is 16.6. The Labute approximate surface area is 109 Å². The Balaban J connectivity index is 2.55. The molecule has 0 spiro atoms. The Bertz CT molecular complexity index is 359. The molecule has 0 N–H and O–H groups in total. The van der Waals surface area contributed by atoms with Gasteiger partial charge in [0, 0.05) is 19.4 Å². The van der Waals surface area contributed by atoms with E-state index in [0.717, 1.165) is 19.1 Å². The van der Waals surface area contributed by atoms with Crippen LogP contribution < -0.4 is 0 Å². The number of nitrogens with zero attached hydrogens (tertiary/aromatic N) is 1. The van der Waals surface area contributed by atoms with Gasteiger partial charge in [-0.2, -0.15) is 0 Å². The predicted octanol–water partition coefficient (Wildman–Crippen LogP) is 2.37. The summed E-state index contributed by atoms with van der Waals surface area (Å²) in [7, 11) is 0. The number of unbranched alkanes of at least 4 members (excludes halogenated alkanes) is 1. The first-order valence-corrected chi connectivity index (χ1v) is 6.35.